The molecule has 4 aromatic rings. The number of pyridine rings is 1. The molecular weight excluding hydrogens is 416 g/mol. The predicted octanol–water partition coefficient (Wildman–Crippen LogP) is 2.50. The van der Waals surface area contributed by atoms with Gasteiger partial charge in [0.25, 0.3) is 0 Å². The Morgan fingerprint density at radius 1 is 1.06 bits per heavy atom. The summed E-state index contributed by atoms with van der Waals surface area (Å²) in [5.74, 6) is 0.196. The lowest BCUT2D eigenvalue weighted by Crippen LogP contribution is -2.37. The number of carbonyl (C=O) groups is 2. The number of aliphatic imine (C=N–C) groups is 1. The maximum atomic E-state index is 13.2. The molecule has 0 spiro atoms. The second-order valence-electron chi connectivity index (χ2n) is 8.40. The van der Waals surface area contributed by atoms with Crippen LogP contribution in [0.4, 0.5) is 0 Å². The quantitative estimate of drug-likeness (QED) is 0.295. The largest absolute Gasteiger partial charge is 0.370 e. The Labute approximate surface area is 189 Å². The molecule has 1 aromatic carbocycles. The fourth-order valence-corrected chi connectivity index (χ4v) is 5.07. The first-order valence-corrected chi connectivity index (χ1v) is 10.9. The normalized spacial score (nSPS) is 17.0. The molecule has 2 N–H and O–H groups in total. The van der Waals surface area contributed by atoms with Gasteiger partial charge in [0, 0.05) is 55.6 Å². The van der Waals surface area contributed by atoms with E-state index in [1.54, 1.807) is 13.2 Å². The summed E-state index contributed by atoms with van der Waals surface area (Å²) in [5.41, 5.74) is 11.4. The Morgan fingerprint density at radius 3 is 2.76 bits per heavy atom. The minimum absolute atomic E-state index is 0.117. The molecule has 164 valence electrons. The third-order valence-corrected chi connectivity index (χ3v) is 6.58. The number of carbonyl (C=O) groups excluding carboxylic acids is 2. The summed E-state index contributed by atoms with van der Waals surface area (Å²) in [6, 6.07) is 11.8. The fourth-order valence-electron chi connectivity index (χ4n) is 5.07. The highest BCUT2D eigenvalue weighted by molar-refractivity contribution is 6.51. The van der Waals surface area contributed by atoms with Gasteiger partial charge in [-0.05, 0) is 17.7 Å². The number of rotatable bonds is 2. The van der Waals surface area contributed by atoms with Gasteiger partial charge in [-0.25, -0.2) is 4.98 Å². The van der Waals surface area contributed by atoms with Crippen molar-refractivity contribution in [2.45, 2.75) is 19.5 Å². The number of nitrogens with zero attached hydrogens (tertiary/aromatic N) is 5. The molecule has 0 radical (unpaired) electrons. The maximum Gasteiger partial charge on any atom is 0.191 e. The van der Waals surface area contributed by atoms with Crippen LogP contribution in [0.2, 0.25) is 0 Å². The number of benzene rings is 1. The Kier molecular flexibility index (Phi) is 4.23. The van der Waals surface area contributed by atoms with Gasteiger partial charge in [-0.1, -0.05) is 24.3 Å². The summed E-state index contributed by atoms with van der Waals surface area (Å²) < 4.78 is 4.03. The third kappa shape index (κ3) is 2.83. The van der Waals surface area contributed by atoms with Crippen LogP contribution in [0.15, 0.2) is 60.0 Å². The fraction of sp³-hybridized carbons (Fsp3) is 0.200. The number of para-hydroxylation sites is 1. The van der Waals surface area contributed by atoms with Crippen molar-refractivity contribution in [1.82, 2.24) is 18.9 Å². The molecule has 8 nitrogen and oxygen atoms in total. The van der Waals surface area contributed by atoms with E-state index in [2.05, 4.69) is 25.5 Å². The van der Waals surface area contributed by atoms with Crippen LogP contribution >= 0.6 is 0 Å². The summed E-state index contributed by atoms with van der Waals surface area (Å²) in [5, 5.41) is 0.964. The lowest BCUT2D eigenvalue weighted by molar-refractivity contribution is -0.119. The molecule has 2 aliphatic rings. The molecule has 0 saturated carbocycles. The smallest absolute Gasteiger partial charge is 0.191 e. The zero-order chi connectivity index (χ0) is 22.7. The van der Waals surface area contributed by atoms with Crippen LogP contribution in [0.1, 0.15) is 23.2 Å². The van der Waals surface area contributed by atoms with Gasteiger partial charge in [0.2, 0.25) is 0 Å². The average molecular weight is 438 g/mol. The van der Waals surface area contributed by atoms with Crippen LogP contribution in [0.5, 0.6) is 0 Å². The van der Waals surface area contributed by atoms with Crippen molar-refractivity contribution < 1.29 is 9.59 Å². The number of fused-ring (bicyclic) bond motifs is 1. The van der Waals surface area contributed by atoms with E-state index >= 15 is 0 Å². The van der Waals surface area contributed by atoms with Gasteiger partial charge in [-0.3, -0.25) is 19.0 Å². The minimum Gasteiger partial charge on any atom is -0.370 e. The zero-order valence-corrected chi connectivity index (χ0v) is 18.2. The molecule has 0 bridgehead atoms. The van der Waals surface area contributed by atoms with E-state index in [-0.39, 0.29) is 18.0 Å². The SMILES string of the molecule is CN=C(N)N1CCn2cc(C3=C(c4cnc5ccccn45)C(=O)CC3=O)c3cccc(c32)C1. The first kappa shape index (κ1) is 19.5. The zero-order valence-electron chi connectivity index (χ0n) is 18.2. The molecule has 0 fully saturated rings. The molecule has 1 aliphatic carbocycles. The summed E-state index contributed by atoms with van der Waals surface area (Å²) in [4.78, 5) is 36.8. The number of ketones is 2. The number of guanidine groups is 1. The van der Waals surface area contributed by atoms with E-state index in [0.717, 1.165) is 27.7 Å². The number of hydrogen-bond acceptors (Lipinski definition) is 4. The molecular formula is C25H22N6O2. The number of imidazole rings is 1. The van der Waals surface area contributed by atoms with Gasteiger partial charge in [-0.15, -0.1) is 0 Å². The molecule has 8 heteroatoms. The molecule has 4 heterocycles. The van der Waals surface area contributed by atoms with Gasteiger partial charge in [0.15, 0.2) is 17.5 Å². The number of aromatic nitrogens is 3. The Hall–Kier alpha value is -4.20. The molecule has 33 heavy (non-hydrogen) atoms. The lowest BCUT2D eigenvalue weighted by Gasteiger charge is -2.21. The van der Waals surface area contributed by atoms with E-state index in [1.807, 2.05) is 47.1 Å². The van der Waals surface area contributed by atoms with Crippen LogP contribution in [-0.4, -0.2) is 50.0 Å². The second-order valence-corrected chi connectivity index (χ2v) is 8.40. The van der Waals surface area contributed by atoms with Gasteiger partial charge in [0.1, 0.15) is 5.65 Å². The Bertz CT molecular complexity index is 1540. The highest BCUT2D eigenvalue weighted by atomic mass is 16.2. The van der Waals surface area contributed by atoms with Crippen LogP contribution in [-0.2, 0) is 22.7 Å². The summed E-state index contributed by atoms with van der Waals surface area (Å²) >= 11 is 0. The van der Waals surface area contributed by atoms with Crippen molar-refractivity contribution in [2.75, 3.05) is 13.6 Å². The minimum atomic E-state index is -0.164. The molecule has 0 unspecified atom stereocenters. The number of hydrogen-bond donors (Lipinski definition) is 1. The van der Waals surface area contributed by atoms with E-state index in [1.165, 1.54) is 0 Å². The van der Waals surface area contributed by atoms with Crippen molar-refractivity contribution in [3.8, 4) is 0 Å². The van der Waals surface area contributed by atoms with E-state index < -0.39 is 0 Å². The monoisotopic (exact) mass is 438 g/mol. The predicted molar refractivity (Wildman–Crippen MR) is 127 cm³/mol. The second kappa shape index (κ2) is 7.16. The van der Waals surface area contributed by atoms with Crippen molar-refractivity contribution >= 4 is 45.2 Å². The Balaban J connectivity index is 1.59. The van der Waals surface area contributed by atoms with Crippen molar-refractivity contribution in [2.24, 2.45) is 10.7 Å². The van der Waals surface area contributed by atoms with Gasteiger partial charge in [0.05, 0.1) is 29.4 Å². The van der Waals surface area contributed by atoms with E-state index in [9.17, 15) is 9.59 Å². The van der Waals surface area contributed by atoms with Gasteiger partial charge < -0.3 is 15.2 Å². The standard InChI is InChI=1S/C25H22N6O2/c1-27-25(26)30-10-9-29-14-17(16-6-4-5-15(13-30)24(16)29)22-19(32)11-20(33)23(22)18-12-28-21-7-2-3-8-31(18)21/h2-8,12,14H,9-11,13H2,1H3,(H2,26,27). The first-order valence-electron chi connectivity index (χ1n) is 10.9. The molecule has 0 saturated heterocycles. The topological polar surface area (TPSA) is 98.0 Å². The molecule has 0 atom stereocenters. The number of Topliss-reactive ketones (excluding diaryl/α,β-unsaturated/α-hetero) is 2. The Morgan fingerprint density at radius 2 is 1.91 bits per heavy atom. The summed E-state index contributed by atoms with van der Waals surface area (Å²) in [7, 11) is 1.69. The molecule has 6 rings (SSSR count). The van der Waals surface area contributed by atoms with E-state index in [0.29, 0.717) is 42.4 Å². The highest BCUT2D eigenvalue weighted by Crippen LogP contribution is 2.40. The van der Waals surface area contributed by atoms with Crippen LogP contribution in [0, 0.1) is 0 Å². The van der Waals surface area contributed by atoms with Crippen molar-refractivity contribution in [1.29, 1.82) is 0 Å². The maximum absolute atomic E-state index is 13.2. The van der Waals surface area contributed by atoms with Crippen molar-refractivity contribution in [3.63, 3.8) is 0 Å². The highest BCUT2D eigenvalue weighted by Gasteiger charge is 2.36. The molecule has 1 aliphatic heterocycles. The molecule has 3 aromatic heterocycles. The average Bonchev–Trinajstić information content (AvgIpc) is 3.44. The third-order valence-electron chi connectivity index (χ3n) is 6.58. The number of allylic oxidation sites excluding steroid dienone is 2. The van der Waals surface area contributed by atoms with E-state index in [4.69, 9.17) is 5.73 Å². The van der Waals surface area contributed by atoms with Gasteiger partial charge >= 0.3 is 0 Å². The summed E-state index contributed by atoms with van der Waals surface area (Å²) in [6.07, 6.45) is 5.44. The lowest BCUT2D eigenvalue weighted by atomic mass is 9.98. The number of nitrogens with two attached hydrogens (primary N) is 1. The molecule has 0 amide bonds. The van der Waals surface area contributed by atoms with Gasteiger partial charge in [-0.2, -0.15) is 0 Å². The van der Waals surface area contributed by atoms with Crippen LogP contribution in [0.25, 0.3) is 27.7 Å². The van der Waals surface area contributed by atoms with Crippen LogP contribution < -0.4 is 5.73 Å². The first-order chi connectivity index (χ1) is 16.1. The summed E-state index contributed by atoms with van der Waals surface area (Å²) in [6.45, 7) is 2.03. The van der Waals surface area contributed by atoms with Crippen molar-refractivity contribution in [3.05, 3.63) is 71.8 Å². The van der Waals surface area contributed by atoms with Crippen LogP contribution in [0.3, 0.4) is 0 Å².